The van der Waals surface area contributed by atoms with Gasteiger partial charge in [-0.1, -0.05) is 13.0 Å². The minimum Gasteiger partial charge on any atom is -0.357 e. The Kier molecular flexibility index (Phi) is 8.22. The summed E-state index contributed by atoms with van der Waals surface area (Å²) < 4.78 is 0. The summed E-state index contributed by atoms with van der Waals surface area (Å²) in [6.07, 6.45) is 6.60. The maximum absolute atomic E-state index is 4.64. The van der Waals surface area contributed by atoms with Crippen LogP contribution in [0.1, 0.15) is 32.3 Å². The summed E-state index contributed by atoms with van der Waals surface area (Å²) >= 11 is 1.83. The van der Waals surface area contributed by atoms with Crippen LogP contribution in [0.4, 0.5) is 5.82 Å². The first-order valence-electron chi connectivity index (χ1n) is 8.94. The zero-order chi connectivity index (χ0) is 17.2. The van der Waals surface area contributed by atoms with Crippen molar-refractivity contribution in [2.45, 2.75) is 33.2 Å². The van der Waals surface area contributed by atoms with Gasteiger partial charge < -0.3 is 15.5 Å². The molecule has 0 bridgehead atoms. The number of aromatic nitrogens is 1. The van der Waals surface area contributed by atoms with Gasteiger partial charge in [0.1, 0.15) is 5.82 Å². The van der Waals surface area contributed by atoms with Crippen molar-refractivity contribution in [1.29, 1.82) is 0 Å². The van der Waals surface area contributed by atoms with Crippen molar-refractivity contribution >= 4 is 23.5 Å². The summed E-state index contributed by atoms with van der Waals surface area (Å²) in [5, 5.41) is 6.63. The van der Waals surface area contributed by atoms with Crippen LogP contribution in [0.25, 0.3) is 0 Å². The molecule has 1 saturated heterocycles. The van der Waals surface area contributed by atoms with Gasteiger partial charge in [0, 0.05) is 38.1 Å². The van der Waals surface area contributed by atoms with E-state index in [0.29, 0.717) is 6.54 Å². The van der Waals surface area contributed by atoms with E-state index in [1.165, 1.54) is 12.8 Å². The van der Waals surface area contributed by atoms with Crippen molar-refractivity contribution in [1.82, 2.24) is 15.6 Å². The van der Waals surface area contributed by atoms with Crippen LogP contribution in [0.3, 0.4) is 0 Å². The van der Waals surface area contributed by atoms with Gasteiger partial charge in [-0.05, 0) is 43.6 Å². The van der Waals surface area contributed by atoms with Crippen LogP contribution in [0.5, 0.6) is 0 Å². The molecule has 2 rings (SSSR count). The molecular formula is C18H31N5S. The first-order chi connectivity index (χ1) is 11.7. The summed E-state index contributed by atoms with van der Waals surface area (Å²) in [7, 11) is 0. The van der Waals surface area contributed by atoms with Gasteiger partial charge in [0.25, 0.3) is 0 Å². The average Bonchev–Trinajstić information content (AvgIpc) is 2.61. The Hall–Kier alpha value is -1.43. The van der Waals surface area contributed by atoms with E-state index >= 15 is 0 Å². The van der Waals surface area contributed by atoms with Crippen molar-refractivity contribution in [2.75, 3.05) is 43.1 Å². The second-order valence-electron chi connectivity index (χ2n) is 6.31. The van der Waals surface area contributed by atoms with E-state index in [1.54, 1.807) is 0 Å². The van der Waals surface area contributed by atoms with Gasteiger partial charge in [0.15, 0.2) is 5.96 Å². The van der Waals surface area contributed by atoms with Gasteiger partial charge in [0.05, 0.1) is 6.54 Å². The molecule has 0 spiro atoms. The molecule has 1 fully saturated rings. The van der Waals surface area contributed by atoms with Gasteiger partial charge in [-0.25, -0.2) is 9.98 Å². The molecule has 0 aromatic carbocycles. The van der Waals surface area contributed by atoms with Crippen LogP contribution in [0.15, 0.2) is 23.3 Å². The standard InChI is InChI=1S/C18H31N5S/c1-4-19-18(20-9-12-24-3)22-14-16-5-6-17(21-13-16)23-10-7-15(2)8-11-23/h5-6,13,15H,4,7-12,14H2,1-3H3,(H2,19,20,22). The van der Waals surface area contributed by atoms with E-state index < -0.39 is 0 Å². The number of anilines is 1. The highest BCUT2D eigenvalue weighted by atomic mass is 32.2. The topological polar surface area (TPSA) is 52.6 Å². The van der Waals surface area contributed by atoms with Crippen molar-refractivity contribution in [2.24, 2.45) is 10.9 Å². The number of piperidine rings is 1. The number of thioether (sulfide) groups is 1. The molecule has 2 heterocycles. The molecule has 1 aliphatic heterocycles. The second-order valence-corrected chi connectivity index (χ2v) is 7.29. The zero-order valence-electron chi connectivity index (χ0n) is 15.2. The third-order valence-electron chi connectivity index (χ3n) is 4.28. The molecule has 5 nitrogen and oxygen atoms in total. The Morgan fingerprint density at radius 1 is 1.33 bits per heavy atom. The van der Waals surface area contributed by atoms with Crippen LogP contribution in [-0.4, -0.2) is 49.1 Å². The predicted molar refractivity (Wildman–Crippen MR) is 106 cm³/mol. The Labute approximate surface area is 150 Å². The maximum atomic E-state index is 4.64. The van der Waals surface area contributed by atoms with Gasteiger partial charge >= 0.3 is 0 Å². The molecule has 2 N–H and O–H groups in total. The monoisotopic (exact) mass is 349 g/mol. The number of guanidine groups is 1. The largest absolute Gasteiger partial charge is 0.357 e. The van der Waals surface area contributed by atoms with Crippen LogP contribution in [0, 0.1) is 5.92 Å². The lowest BCUT2D eigenvalue weighted by molar-refractivity contribution is 0.436. The average molecular weight is 350 g/mol. The Morgan fingerprint density at radius 3 is 2.75 bits per heavy atom. The van der Waals surface area contributed by atoms with E-state index in [2.05, 4.69) is 57.7 Å². The maximum Gasteiger partial charge on any atom is 0.191 e. The summed E-state index contributed by atoms with van der Waals surface area (Å²) in [4.78, 5) is 11.7. The molecule has 1 aromatic heterocycles. The van der Waals surface area contributed by atoms with E-state index in [1.807, 2.05) is 18.0 Å². The zero-order valence-corrected chi connectivity index (χ0v) is 16.0. The minimum atomic E-state index is 0.652. The van der Waals surface area contributed by atoms with Crippen molar-refractivity contribution in [3.05, 3.63) is 23.9 Å². The van der Waals surface area contributed by atoms with Gasteiger partial charge in [-0.2, -0.15) is 11.8 Å². The second kappa shape index (κ2) is 10.4. The van der Waals surface area contributed by atoms with Gasteiger partial charge in [0.2, 0.25) is 0 Å². The smallest absolute Gasteiger partial charge is 0.191 e. The molecule has 0 radical (unpaired) electrons. The van der Waals surface area contributed by atoms with Crippen molar-refractivity contribution in [3.8, 4) is 0 Å². The lowest BCUT2D eigenvalue weighted by atomic mass is 9.99. The van der Waals surface area contributed by atoms with Crippen LogP contribution in [-0.2, 0) is 6.54 Å². The highest BCUT2D eigenvalue weighted by Gasteiger charge is 2.16. The molecule has 0 atom stereocenters. The fourth-order valence-corrected chi connectivity index (χ4v) is 3.02. The molecule has 1 aromatic rings. The number of aliphatic imine (C=N–C) groups is 1. The number of hydrogen-bond acceptors (Lipinski definition) is 4. The third kappa shape index (κ3) is 6.23. The summed E-state index contributed by atoms with van der Waals surface area (Å²) in [5.41, 5.74) is 1.14. The van der Waals surface area contributed by atoms with Gasteiger partial charge in [-0.15, -0.1) is 0 Å². The molecule has 1 aliphatic rings. The van der Waals surface area contributed by atoms with E-state index in [-0.39, 0.29) is 0 Å². The lowest BCUT2D eigenvalue weighted by Gasteiger charge is -2.31. The SMILES string of the molecule is CCNC(=NCc1ccc(N2CCC(C)CC2)nc1)NCCSC. The Morgan fingerprint density at radius 2 is 2.12 bits per heavy atom. The Balaban J connectivity index is 1.88. The fourth-order valence-electron chi connectivity index (χ4n) is 2.72. The normalized spacial score (nSPS) is 16.3. The number of nitrogens with one attached hydrogen (secondary N) is 2. The highest BCUT2D eigenvalue weighted by molar-refractivity contribution is 7.98. The molecule has 6 heteroatoms. The molecule has 134 valence electrons. The lowest BCUT2D eigenvalue weighted by Crippen LogP contribution is -2.38. The predicted octanol–water partition coefficient (Wildman–Crippen LogP) is 2.74. The summed E-state index contributed by atoms with van der Waals surface area (Å²) in [5.74, 6) is 3.90. The van der Waals surface area contributed by atoms with Crippen LogP contribution < -0.4 is 15.5 Å². The Bertz CT molecular complexity index is 495. The quantitative estimate of drug-likeness (QED) is 0.450. The highest BCUT2D eigenvalue weighted by Crippen LogP contribution is 2.21. The number of pyridine rings is 1. The number of rotatable bonds is 7. The van der Waals surface area contributed by atoms with E-state index in [4.69, 9.17) is 0 Å². The molecular weight excluding hydrogens is 318 g/mol. The number of nitrogens with zero attached hydrogens (tertiary/aromatic N) is 3. The molecule has 0 saturated carbocycles. The van der Waals surface area contributed by atoms with Crippen molar-refractivity contribution < 1.29 is 0 Å². The molecule has 0 aliphatic carbocycles. The van der Waals surface area contributed by atoms with Crippen molar-refractivity contribution in [3.63, 3.8) is 0 Å². The summed E-state index contributed by atoms with van der Waals surface area (Å²) in [6, 6.07) is 4.28. The summed E-state index contributed by atoms with van der Waals surface area (Å²) in [6.45, 7) is 9.11. The first kappa shape index (κ1) is 18.9. The molecule has 24 heavy (non-hydrogen) atoms. The fraction of sp³-hybridized carbons (Fsp3) is 0.667. The minimum absolute atomic E-state index is 0.652. The first-order valence-corrected chi connectivity index (χ1v) is 10.3. The molecule has 0 amide bonds. The van der Waals surface area contributed by atoms with E-state index in [9.17, 15) is 0 Å². The number of hydrogen-bond donors (Lipinski definition) is 2. The van der Waals surface area contributed by atoms with Crippen LogP contribution >= 0.6 is 11.8 Å². The third-order valence-corrected chi connectivity index (χ3v) is 4.89. The molecule has 0 unspecified atom stereocenters. The van der Waals surface area contributed by atoms with Gasteiger partial charge in [-0.3, -0.25) is 0 Å². The van der Waals surface area contributed by atoms with E-state index in [0.717, 1.165) is 55.2 Å². The van der Waals surface area contributed by atoms with Crippen LogP contribution in [0.2, 0.25) is 0 Å².